The zero-order valence-corrected chi connectivity index (χ0v) is 14.3. The molecule has 5 nitrogen and oxygen atoms in total. The third-order valence-electron chi connectivity index (χ3n) is 6.32. The van der Waals surface area contributed by atoms with Crippen molar-refractivity contribution in [2.24, 2.45) is 5.92 Å². The molecule has 1 atom stereocenters. The highest BCUT2D eigenvalue weighted by Crippen LogP contribution is 2.48. The van der Waals surface area contributed by atoms with Gasteiger partial charge in [-0.05, 0) is 49.3 Å². The Morgan fingerprint density at radius 3 is 2.54 bits per heavy atom. The van der Waals surface area contributed by atoms with Gasteiger partial charge in [-0.25, -0.2) is 0 Å². The van der Waals surface area contributed by atoms with Crippen LogP contribution in [0.15, 0.2) is 24.5 Å². The lowest BCUT2D eigenvalue weighted by Gasteiger charge is -2.47. The summed E-state index contributed by atoms with van der Waals surface area (Å²) >= 11 is 0. The Bertz CT molecular complexity index is 633. The van der Waals surface area contributed by atoms with E-state index in [9.17, 15) is 9.59 Å². The Kier molecular flexibility index (Phi) is 3.82. The summed E-state index contributed by atoms with van der Waals surface area (Å²) in [6, 6.07) is 4.06. The van der Waals surface area contributed by atoms with E-state index in [4.69, 9.17) is 0 Å². The first-order valence-electron chi connectivity index (χ1n) is 9.04. The van der Waals surface area contributed by atoms with Crippen LogP contribution in [0.5, 0.6) is 0 Å². The number of rotatable bonds is 3. The summed E-state index contributed by atoms with van der Waals surface area (Å²) in [7, 11) is 1.94. The van der Waals surface area contributed by atoms with Gasteiger partial charge in [0.05, 0.1) is 5.54 Å². The molecule has 0 unspecified atom stereocenters. The molecule has 3 heterocycles. The van der Waals surface area contributed by atoms with Crippen LogP contribution in [0, 0.1) is 5.92 Å². The average Bonchev–Trinajstić information content (AvgIpc) is 3.39. The van der Waals surface area contributed by atoms with Crippen molar-refractivity contribution in [2.45, 2.75) is 50.0 Å². The smallest absolute Gasteiger partial charge is 0.223 e. The fraction of sp³-hybridized carbons (Fsp3) is 0.632. The van der Waals surface area contributed by atoms with Crippen molar-refractivity contribution in [3.8, 4) is 0 Å². The molecule has 128 valence electrons. The number of amides is 2. The number of pyridine rings is 1. The molecule has 1 aliphatic carbocycles. The molecule has 0 aromatic carbocycles. The SMILES string of the molecule is CN1C(=O)C[C@H](c2ccncc2)C12CCN(C(=O)CC1CC1)CC2. The van der Waals surface area contributed by atoms with E-state index < -0.39 is 0 Å². The first kappa shape index (κ1) is 15.6. The van der Waals surface area contributed by atoms with Gasteiger partial charge in [0, 0.05) is 51.3 Å². The Balaban J connectivity index is 1.52. The molecule has 2 saturated heterocycles. The van der Waals surface area contributed by atoms with Crippen LogP contribution in [-0.2, 0) is 9.59 Å². The molecule has 0 N–H and O–H groups in total. The number of likely N-dealkylation sites (N-methyl/N-ethyl adjacent to an activating group) is 1. The second-order valence-electron chi connectivity index (χ2n) is 7.62. The number of piperidine rings is 1. The number of likely N-dealkylation sites (tertiary alicyclic amines) is 2. The molecular weight excluding hydrogens is 302 g/mol. The predicted octanol–water partition coefficient (Wildman–Crippen LogP) is 2.19. The van der Waals surface area contributed by atoms with Crippen molar-refractivity contribution in [3.63, 3.8) is 0 Å². The largest absolute Gasteiger partial charge is 0.343 e. The Labute approximate surface area is 143 Å². The van der Waals surface area contributed by atoms with Gasteiger partial charge in [0.25, 0.3) is 0 Å². The van der Waals surface area contributed by atoms with Crippen LogP contribution < -0.4 is 0 Å². The summed E-state index contributed by atoms with van der Waals surface area (Å²) in [5, 5.41) is 0. The van der Waals surface area contributed by atoms with E-state index in [1.165, 1.54) is 18.4 Å². The van der Waals surface area contributed by atoms with E-state index in [0.29, 0.717) is 18.2 Å². The molecule has 0 radical (unpaired) electrons. The number of nitrogens with zero attached hydrogens (tertiary/aromatic N) is 3. The van der Waals surface area contributed by atoms with Gasteiger partial charge >= 0.3 is 0 Å². The highest BCUT2D eigenvalue weighted by Gasteiger charge is 2.53. The first-order chi connectivity index (χ1) is 11.6. The molecule has 1 spiro atoms. The van der Waals surface area contributed by atoms with E-state index in [1.54, 1.807) is 12.4 Å². The zero-order chi connectivity index (χ0) is 16.7. The van der Waals surface area contributed by atoms with Gasteiger partial charge in [0.2, 0.25) is 11.8 Å². The Morgan fingerprint density at radius 2 is 1.92 bits per heavy atom. The van der Waals surface area contributed by atoms with Gasteiger partial charge < -0.3 is 9.80 Å². The maximum Gasteiger partial charge on any atom is 0.223 e. The van der Waals surface area contributed by atoms with Crippen molar-refractivity contribution < 1.29 is 9.59 Å². The second kappa shape index (κ2) is 5.87. The molecule has 1 saturated carbocycles. The molecule has 3 aliphatic rings. The summed E-state index contributed by atoms with van der Waals surface area (Å²) in [6.07, 6.45) is 9.07. The van der Waals surface area contributed by atoms with Crippen LogP contribution in [0.1, 0.15) is 50.0 Å². The maximum atomic E-state index is 12.4. The molecule has 2 amide bonds. The minimum atomic E-state index is -0.144. The highest BCUT2D eigenvalue weighted by molar-refractivity contribution is 5.82. The molecular formula is C19H25N3O2. The summed E-state index contributed by atoms with van der Waals surface area (Å²) < 4.78 is 0. The van der Waals surface area contributed by atoms with E-state index in [2.05, 4.69) is 4.98 Å². The third-order valence-corrected chi connectivity index (χ3v) is 6.32. The normalized spacial score (nSPS) is 26.2. The van der Waals surface area contributed by atoms with Crippen molar-refractivity contribution in [1.82, 2.24) is 14.8 Å². The molecule has 3 fully saturated rings. The zero-order valence-electron chi connectivity index (χ0n) is 14.3. The molecule has 4 rings (SSSR count). The molecule has 2 aliphatic heterocycles. The predicted molar refractivity (Wildman–Crippen MR) is 90.3 cm³/mol. The van der Waals surface area contributed by atoms with Crippen molar-refractivity contribution >= 4 is 11.8 Å². The van der Waals surface area contributed by atoms with E-state index in [-0.39, 0.29) is 17.4 Å². The lowest BCUT2D eigenvalue weighted by molar-refractivity contribution is -0.136. The first-order valence-corrected chi connectivity index (χ1v) is 9.04. The number of carbonyl (C=O) groups is 2. The minimum Gasteiger partial charge on any atom is -0.343 e. The minimum absolute atomic E-state index is 0.144. The second-order valence-corrected chi connectivity index (χ2v) is 7.62. The van der Waals surface area contributed by atoms with Crippen LogP contribution in [-0.4, -0.2) is 52.3 Å². The fourth-order valence-corrected chi connectivity index (χ4v) is 4.53. The number of carbonyl (C=O) groups excluding carboxylic acids is 2. The van der Waals surface area contributed by atoms with E-state index >= 15 is 0 Å². The quantitative estimate of drug-likeness (QED) is 0.855. The molecule has 5 heteroatoms. The average molecular weight is 327 g/mol. The summed E-state index contributed by atoms with van der Waals surface area (Å²) in [5.74, 6) is 1.36. The van der Waals surface area contributed by atoms with Gasteiger partial charge in [-0.3, -0.25) is 14.6 Å². The molecule has 24 heavy (non-hydrogen) atoms. The highest BCUT2D eigenvalue weighted by atomic mass is 16.2. The van der Waals surface area contributed by atoms with Crippen LogP contribution in [0.2, 0.25) is 0 Å². The lowest BCUT2D eigenvalue weighted by atomic mass is 9.74. The van der Waals surface area contributed by atoms with Gasteiger partial charge in [-0.2, -0.15) is 0 Å². The Morgan fingerprint density at radius 1 is 1.25 bits per heavy atom. The summed E-state index contributed by atoms with van der Waals surface area (Å²) in [4.78, 5) is 32.9. The molecule has 1 aromatic rings. The molecule has 0 bridgehead atoms. The number of hydrogen-bond acceptors (Lipinski definition) is 3. The monoisotopic (exact) mass is 327 g/mol. The van der Waals surface area contributed by atoms with Crippen molar-refractivity contribution in [1.29, 1.82) is 0 Å². The lowest BCUT2D eigenvalue weighted by Crippen LogP contribution is -2.55. The van der Waals surface area contributed by atoms with Crippen molar-refractivity contribution in [3.05, 3.63) is 30.1 Å². The third kappa shape index (κ3) is 2.60. The van der Waals surface area contributed by atoms with Crippen molar-refractivity contribution in [2.75, 3.05) is 20.1 Å². The Hall–Kier alpha value is -1.91. The van der Waals surface area contributed by atoms with Gasteiger partial charge in [-0.1, -0.05) is 0 Å². The summed E-state index contributed by atoms with van der Waals surface area (Å²) in [5.41, 5.74) is 1.05. The topological polar surface area (TPSA) is 53.5 Å². The van der Waals surface area contributed by atoms with Crippen LogP contribution in [0.3, 0.4) is 0 Å². The van der Waals surface area contributed by atoms with Crippen LogP contribution in [0.4, 0.5) is 0 Å². The van der Waals surface area contributed by atoms with Gasteiger partial charge in [0.15, 0.2) is 0 Å². The fourth-order valence-electron chi connectivity index (χ4n) is 4.53. The molecule has 1 aromatic heterocycles. The standard InChI is InChI=1S/C19H25N3O2/c1-21-17(23)13-16(15-4-8-20-9-5-15)19(21)6-10-22(11-7-19)18(24)12-14-2-3-14/h4-5,8-9,14,16H,2-3,6-7,10-13H2,1H3/t16-/m1/s1. The number of aromatic nitrogens is 1. The number of hydrogen-bond donors (Lipinski definition) is 0. The van der Waals surface area contributed by atoms with Gasteiger partial charge in [-0.15, -0.1) is 0 Å². The van der Waals surface area contributed by atoms with E-state index in [1.807, 2.05) is 29.0 Å². The van der Waals surface area contributed by atoms with Crippen LogP contribution >= 0.6 is 0 Å². The van der Waals surface area contributed by atoms with E-state index in [0.717, 1.165) is 32.4 Å². The van der Waals surface area contributed by atoms with Crippen LogP contribution in [0.25, 0.3) is 0 Å². The summed E-state index contributed by atoms with van der Waals surface area (Å²) in [6.45, 7) is 1.54. The maximum absolute atomic E-state index is 12.4. The van der Waals surface area contributed by atoms with Gasteiger partial charge in [0.1, 0.15) is 0 Å².